The molecule has 1 aromatic carbocycles. The summed E-state index contributed by atoms with van der Waals surface area (Å²) in [5.41, 5.74) is 9.47. The molecule has 1 aromatic heterocycles. The fourth-order valence-corrected chi connectivity index (χ4v) is 2.82. The fourth-order valence-electron chi connectivity index (χ4n) is 2.82. The van der Waals surface area contributed by atoms with Gasteiger partial charge in [0.15, 0.2) is 0 Å². The molecule has 0 radical (unpaired) electrons. The standard InChI is InChI=1S/C17H19N3O/c18-10-12-8-9-16(19-11-12)17(21)20-15-7-3-5-13-4-1-2-6-14(13)15/h1-2,4,6,8-9,11,15H,3,5,7,10,18H2,(H,20,21). The Balaban J connectivity index is 1.76. The molecule has 2 aromatic rings. The first-order valence-corrected chi connectivity index (χ1v) is 7.31. The van der Waals surface area contributed by atoms with Crippen LogP contribution in [-0.4, -0.2) is 10.9 Å². The SMILES string of the molecule is NCc1ccc(C(=O)NC2CCCc3ccccc32)nc1. The minimum atomic E-state index is -0.125. The van der Waals surface area contributed by atoms with Gasteiger partial charge in [-0.2, -0.15) is 0 Å². The van der Waals surface area contributed by atoms with Gasteiger partial charge in [-0.3, -0.25) is 9.78 Å². The van der Waals surface area contributed by atoms with E-state index in [2.05, 4.69) is 28.5 Å². The largest absolute Gasteiger partial charge is 0.344 e. The third-order valence-electron chi connectivity index (χ3n) is 3.97. The van der Waals surface area contributed by atoms with E-state index in [9.17, 15) is 4.79 Å². The van der Waals surface area contributed by atoms with Crippen molar-refractivity contribution in [1.29, 1.82) is 0 Å². The van der Waals surface area contributed by atoms with Gasteiger partial charge in [0.1, 0.15) is 5.69 Å². The minimum absolute atomic E-state index is 0.0819. The highest BCUT2D eigenvalue weighted by Gasteiger charge is 2.22. The van der Waals surface area contributed by atoms with E-state index in [0.29, 0.717) is 12.2 Å². The number of pyridine rings is 1. The Bertz CT molecular complexity index is 637. The number of aryl methyl sites for hydroxylation is 1. The summed E-state index contributed by atoms with van der Waals surface area (Å²) in [5.74, 6) is -0.125. The fraction of sp³-hybridized carbons (Fsp3) is 0.294. The number of carbonyl (C=O) groups is 1. The number of aromatic nitrogens is 1. The Morgan fingerprint density at radius 1 is 1.29 bits per heavy atom. The molecule has 0 bridgehead atoms. The Kier molecular flexibility index (Phi) is 3.97. The average molecular weight is 281 g/mol. The topological polar surface area (TPSA) is 68.0 Å². The summed E-state index contributed by atoms with van der Waals surface area (Å²) < 4.78 is 0. The lowest BCUT2D eigenvalue weighted by Gasteiger charge is -2.26. The van der Waals surface area contributed by atoms with E-state index in [0.717, 1.165) is 24.8 Å². The van der Waals surface area contributed by atoms with Crippen molar-refractivity contribution < 1.29 is 4.79 Å². The molecule has 4 nitrogen and oxygen atoms in total. The molecular weight excluding hydrogens is 262 g/mol. The normalized spacial score (nSPS) is 17.1. The molecule has 0 spiro atoms. The molecule has 1 amide bonds. The van der Waals surface area contributed by atoms with Crippen LogP contribution in [0.15, 0.2) is 42.6 Å². The van der Waals surface area contributed by atoms with Crippen LogP contribution in [0.5, 0.6) is 0 Å². The number of nitrogens with one attached hydrogen (secondary N) is 1. The summed E-state index contributed by atoms with van der Waals surface area (Å²) in [6, 6.07) is 12.0. The van der Waals surface area contributed by atoms with E-state index in [1.54, 1.807) is 12.3 Å². The first-order valence-electron chi connectivity index (χ1n) is 7.31. The van der Waals surface area contributed by atoms with E-state index in [1.807, 2.05) is 12.1 Å². The molecule has 3 N–H and O–H groups in total. The first-order chi connectivity index (χ1) is 10.3. The van der Waals surface area contributed by atoms with Gasteiger partial charge in [0, 0.05) is 12.7 Å². The second-order valence-electron chi connectivity index (χ2n) is 5.37. The number of nitrogens with zero attached hydrogens (tertiary/aromatic N) is 1. The third-order valence-corrected chi connectivity index (χ3v) is 3.97. The van der Waals surface area contributed by atoms with Crippen molar-refractivity contribution in [2.75, 3.05) is 0 Å². The molecular formula is C17H19N3O. The maximum atomic E-state index is 12.3. The Morgan fingerprint density at radius 2 is 2.14 bits per heavy atom. The lowest BCUT2D eigenvalue weighted by Crippen LogP contribution is -2.31. The molecule has 21 heavy (non-hydrogen) atoms. The van der Waals surface area contributed by atoms with Crippen LogP contribution < -0.4 is 11.1 Å². The van der Waals surface area contributed by atoms with Gasteiger partial charge in [0.2, 0.25) is 0 Å². The molecule has 4 heteroatoms. The van der Waals surface area contributed by atoms with Crippen LogP contribution in [0.1, 0.15) is 46.1 Å². The van der Waals surface area contributed by atoms with Crippen molar-refractivity contribution in [1.82, 2.24) is 10.3 Å². The summed E-state index contributed by atoms with van der Waals surface area (Å²) in [4.78, 5) is 16.5. The molecule has 1 heterocycles. The van der Waals surface area contributed by atoms with Crippen molar-refractivity contribution in [3.05, 3.63) is 65.0 Å². The second kappa shape index (κ2) is 6.06. The van der Waals surface area contributed by atoms with E-state index >= 15 is 0 Å². The van der Waals surface area contributed by atoms with Gasteiger partial charge in [0.05, 0.1) is 6.04 Å². The summed E-state index contributed by atoms with van der Waals surface area (Å²) in [5, 5.41) is 3.10. The third kappa shape index (κ3) is 2.95. The number of rotatable bonds is 3. The maximum absolute atomic E-state index is 12.3. The zero-order valence-electron chi connectivity index (χ0n) is 11.9. The predicted molar refractivity (Wildman–Crippen MR) is 81.7 cm³/mol. The average Bonchev–Trinajstić information content (AvgIpc) is 2.55. The van der Waals surface area contributed by atoms with E-state index < -0.39 is 0 Å². The lowest BCUT2D eigenvalue weighted by atomic mass is 9.87. The Morgan fingerprint density at radius 3 is 2.90 bits per heavy atom. The molecule has 1 atom stereocenters. The van der Waals surface area contributed by atoms with Crippen molar-refractivity contribution in [2.45, 2.75) is 31.8 Å². The monoisotopic (exact) mass is 281 g/mol. The molecule has 0 saturated heterocycles. The molecule has 1 aliphatic rings. The zero-order valence-corrected chi connectivity index (χ0v) is 11.9. The van der Waals surface area contributed by atoms with Crippen molar-refractivity contribution in [3.8, 4) is 0 Å². The van der Waals surface area contributed by atoms with Gasteiger partial charge < -0.3 is 11.1 Å². The predicted octanol–water partition coefficient (Wildman–Crippen LogP) is 2.35. The molecule has 1 aliphatic carbocycles. The van der Waals surface area contributed by atoms with Crippen LogP contribution >= 0.6 is 0 Å². The smallest absolute Gasteiger partial charge is 0.270 e. The van der Waals surface area contributed by atoms with E-state index in [1.165, 1.54) is 11.1 Å². The van der Waals surface area contributed by atoms with Crippen LogP contribution in [0.3, 0.4) is 0 Å². The molecule has 0 saturated carbocycles. The molecule has 1 unspecified atom stereocenters. The maximum Gasteiger partial charge on any atom is 0.270 e. The molecule has 0 fully saturated rings. The highest BCUT2D eigenvalue weighted by Crippen LogP contribution is 2.29. The minimum Gasteiger partial charge on any atom is -0.344 e. The Hall–Kier alpha value is -2.20. The quantitative estimate of drug-likeness (QED) is 0.907. The van der Waals surface area contributed by atoms with Crippen molar-refractivity contribution >= 4 is 5.91 Å². The summed E-state index contributed by atoms with van der Waals surface area (Å²) in [7, 11) is 0. The highest BCUT2D eigenvalue weighted by molar-refractivity contribution is 5.92. The number of fused-ring (bicyclic) bond motifs is 1. The summed E-state index contributed by atoms with van der Waals surface area (Å²) in [6.07, 6.45) is 4.82. The first kappa shape index (κ1) is 13.8. The number of carbonyl (C=O) groups excluding carboxylic acids is 1. The van der Waals surface area contributed by atoms with Gasteiger partial charge >= 0.3 is 0 Å². The van der Waals surface area contributed by atoms with Crippen LogP contribution in [0.2, 0.25) is 0 Å². The van der Waals surface area contributed by atoms with Gasteiger partial charge in [-0.05, 0) is 42.0 Å². The number of amides is 1. The number of hydrogen-bond donors (Lipinski definition) is 2. The van der Waals surface area contributed by atoms with E-state index in [4.69, 9.17) is 5.73 Å². The van der Waals surface area contributed by atoms with Crippen LogP contribution in [-0.2, 0) is 13.0 Å². The summed E-state index contributed by atoms with van der Waals surface area (Å²) >= 11 is 0. The second-order valence-corrected chi connectivity index (χ2v) is 5.37. The van der Waals surface area contributed by atoms with Crippen LogP contribution in [0, 0.1) is 0 Å². The molecule has 3 rings (SSSR count). The van der Waals surface area contributed by atoms with Crippen LogP contribution in [0.4, 0.5) is 0 Å². The summed E-state index contributed by atoms with van der Waals surface area (Å²) in [6.45, 7) is 0.435. The lowest BCUT2D eigenvalue weighted by molar-refractivity contribution is 0.0927. The molecule has 108 valence electrons. The van der Waals surface area contributed by atoms with Crippen molar-refractivity contribution in [3.63, 3.8) is 0 Å². The highest BCUT2D eigenvalue weighted by atomic mass is 16.1. The number of hydrogen-bond acceptors (Lipinski definition) is 3. The number of benzene rings is 1. The molecule has 0 aliphatic heterocycles. The number of nitrogens with two attached hydrogens (primary N) is 1. The van der Waals surface area contributed by atoms with Crippen LogP contribution in [0.25, 0.3) is 0 Å². The van der Waals surface area contributed by atoms with Crippen molar-refractivity contribution in [2.24, 2.45) is 5.73 Å². The van der Waals surface area contributed by atoms with Gasteiger partial charge in [0.25, 0.3) is 5.91 Å². The Labute approximate surface area is 124 Å². The van der Waals surface area contributed by atoms with Gasteiger partial charge in [-0.15, -0.1) is 0 Å². The van der Waals surface area contributed by atoms with E-state index in [-0.39, 0.29) is 11.9 Å². The van der Waals surface area contributed by atoms with Gasteiger partial charge in [-0.25, -0.2) is 0 Å². The zero-order chi connectivity index (χ0) is 14.7. The van der Waals surface area contributed by atoms with Gasteiger partial charge in [-0.1, -0.05) is 30.3 Å².